The number of nitrogens with one attached hydrogen (secondary N) is 1. The van der Waals surface area contributed by atoms with E-state index >= 15 is 0 Å². The van der Waals surface area contributed by atoms with Crippen molar-refractivity contribution in [2.45, 2.75) is 32.1 Å². The molecule has 1 aliphatic carbocycles. The van der Waals surface area contributed by atoms with E-state index in [0.717, 1.165) is 44.6 Å². The first-order chi connectivity index (χ1) is 11.2. The second-order valence-electron chi connectivity index (χ2n) is 7.24. The first kappa shape index (κ1) is 17.4. The molecule has 5 heteroatoms. The third kappa shape index (κ3) is 3.35. The SMILES string of the molecule is Cl.O=C(CCC(=O)N1C[C@H]2CNC[C@H]2C1)c1ccc2c(c1)CCC2. The summed E-state index contributed by atoms with van der Waals surface area (Å²) in [5.41, 5.74) is 3.48. The van der Waals surface area contributed by atoms with Gasteiger partial charge in [-0.3, -0.25) is 9.59 Å². The molecule has 1 aromatic rings. The molecule has 2 fully saturated rings. The molecule has 1 N–H and O–H groups in total. The normalized spacial score (nSPS) is 24.4. The molecule has 2 saturated heterocycles. The molecule has 0 aromatic heterocycles. The van der Waals surface area contributed by atoms with Crippen LogP contribution in [0.1, 0.15) is 40.7 Å². The molecular weight excluding hydrogens is 324 g/mol. The van der Waals surface area contributed by atoms with Crippen molar-refractivity contribution in [1.82, 2.24) is 10.2 Å². The Kier molecular flexibility index (Phi) is 5.26. The average Bonchev–Trinajstić information content (AvgIpc) is 3.25. The molecule has 130 valence electrons. The van der Waals surface area contributed by atoms with Gasteiger partial charge in [0.15, 0.2) is 5.78 Å². The minimum absolute atomic E-state index is 0. The number of hydrogen-bond donors (Lipinski definition) is 1. The van der Waals surface area contributed by atoms with Gasteiger partial charge in [0.05, 0.1) is 0 Å². The first-order valence-corrected chi connectivity index (χ1v) is 8.84. The van der Waals surface area contributed by atoms with Gasteiger partial charge >= 0.3 is 0 Å². The first-order valence-electron chi connectivity index (χ1n) is 8.84. The Morgan fingerprint density at radius 2 is 1.75 bits per heavy atom. The van der Waals surface area contributed by atoms with Crippen LogP contribution in [0.15, 0.2) is 18.2 Å². The van der Waals surface area contributed by atoms with E-state index in [2.05, 4.69) is 11.4 Å². The molecule has 3 aliphatic rings. The minimum Gasteiger partial charge on any atom is -0.342 e. The van der Waals surface area contributed by atoms with Crippen LogP contribution in [0.4, 0.5) is 0 Å². The highest BCUT2D eigenvalue weighted by Crippen LogP contribution is 2.27. The number of amides is 1. The van der Waals surface area contributed by atoms with E-state index in [-0.39, 0.29) is 24.1 Å². The summed E-state index contributed by atoms with van der Waals surface area (Å²) in [5.74, 6) is 1.49. The van der Waals surface area contributed by atoms with E-state index < -0.39 is 0 Å². The van der Waals surface area contributed by atoms with Gasteiger partial charge in [-0.25, -0.2) is 0 Å². The minimum atomic E-state index is 0. The van der Waals surface area contributed by atoms with Crippen molar-refractivity contribution in [3.63, 3.8) is 0 Å². The predicted molar refractivity (Wildman–Crippen MR) is 95.7 cm³/mol. The Hall–Kier alpha value is -1.39. The Morgan fingerprint density at radius 1 is 1.04 bits per heavy atom. The zero-order valence-corrected chi connectivity index (χ0v) is 14.7. The summed E-state index contributed by atoms with van der Waals surface area (Å²) in [6.07, 6.45) is 4.09. The zero-order valence-electron chi connectivity index (χ0n) is 13.9. The number of rotatable bonds is 4. The number of carbonyl (C=O) groups is 2. The second-order valence-corrected chi connectivity index (χ2v) is 7.24. The van der Waals surface area contributed by atoms with Crippen molar-refractivity contribution in [1.29, 1.82) is 0 Å². The summed E-state index contributed by atoms with van der Waals surface area (Å²) < 4.78 is 0. The molecule has 0 radical (unpaired) electrons. The van der Waals surface area contributed by atoms with E-state index in [4.69, 9.17) is 0 Å². The molecule has 2 heterocycles. The maximum atomic E-state index is 12.4. The van der Waals surface area contributed by atoms with Crippen molar-refractivity contribution in [3.05, 3.63) is 34.9 Å². The molecule has 24 heavy (non-hydrogen) atoms. The van der Waals surface area contributed by atoms with E-state index in [1.54, 1.807) is 0 Å². The highest BCUT2D eigenvalue weighted by molar-refractivity contribution is 5.98. The van der Waals surface area contributed by atoms with Crippen LogP contribution >= 0.6 is 12.4 Å². The van der Waals surface area contributed by atoms with Crippen LogP contribution < -0.4 is 5.32 Å². The van der Waals surface area contributed by atoms with Crippen LogP contribution in [0.3, 0.4) is 0 Å². The van der Waals surface area contributed by atoms with Gasteiger partial charge in [0.25, 0.3) is 0 Å². The highest BCUT2D eigenvalue weighted by Gasteiger charge is 2.37. The molecule has 2 aliphatic heterocycles. The van der Waals surface area contributed by atoms with Crippen molar-refractivity contribution >= 4 is 24.1 Å². The number of ketones is 1. The van der Waals surface area contributed by atoms with Gasteiger partial charge in [-0.1, -0.05) is 12.1 Å². The van der Waals surface area contributed by atoms with Crippen molar-refractivity contribution in [2.24, 2.45) is 11.8 Å². The fraction of sp³-hybridized carbons (Fsp3) is 0.579. The average molecular weight is 349 g/mol. The predicted octanol–water partition coefficient (Wildman–Crippen LogP) is 2.24. The van der Waals surface area contributed by atoms with Gasteiger partial charge in [0, 0.05) is 44.6 Å². The molecule has 4 rings (SSSR count). The Balaban J connectivity index is 0.00000169. The van der Waals surface area contributed by atoms with E-state index in [1.165, 1.54) is 17.5 Å². The third-order valence-electron chi connectivity index (χ3n) is 5.73. The fourth-order valence-electron chi connectivity index (χ4n) is 4.33. The topological polar surface area (TPSA) is 49.4 Å². The lowest BCUT2D eigenvalue weighted by molar-refractivity contribution is -0.130. The fourth-order valence-corrected chi connectivity index (χ4v) is 4.33. The molecule has 0 bridgehead atoms. The Morgan fingerprint density at radius 3 is 2.50 bits per heavy atom. The number of Topliss-reactive ketones (excluding diaryl/α,β-unsaturated/α-hetero) is 1. The number of hydrogen-bond acceptors (Lipinski definition) is 3. The van der Waals surface area contributed by atoms with Crippen LogP contribution in [-0.4, -0.2) is 42.8 Å². The smallest absolute Gasteiger partial charge is 0.223 e. The molecule has 1 amide bonds. The maximum absolute atomic E-state index is 12.4. The van der Waals surface area contributed by atoms with Gasteiger partial charge in [0.2, 0.25) is 5.91 Å². The lowest BCUT2D eigenvalue weighted by Crippen LogP contribution is -2.32. The summed E-state index contributed by atoms with van der Waals surface area (Å²) in [5, 5.41) is 3.38. The van der Waals surface area contributed by atoms with Gasteiger partial charge in [-0.2, -0.15) is 0 Å². The highest BCUT2D eigenvalue weighted by atomic mass is 35.5. The number of nitrogens with zero attached hydrogens (tertiary/aromatic N) is 1. The van der Waals surface area contributed by atoms with Gasteiger partial charge in [-0.15, -0.1) is 12.4 Å². The zero-order chi connectivity index (χ0) is 15.8. The van der Waals surface area contributed by atoms with Gasteiger partial charge < -0.3 is 10.2 Å². The third-order valence-corrected chi connectivity index (χ3v) is 5.73. The van der Waals surface area contributed by atoms with Gasteiger partial charge in [0.1, 0.15) is 0 Å². The number of fused-ring (bicyclic) bond motifs is 2. The molecule has 2 atom stereocenters. The molecule has 4 nitrogen and oxygen atoms in total. The number of carbonyl (C=O) groups excluding carboxylic acids is 2. The summed E-state index contributed by atoms with van der Waals surface area (Å²) in [4.78, 5) is 26.7. The lowest BCUT2D eigenvalue weighted by Gasteiger charge is -2.17. The molecular formula is C19H25ClN2O2. The van der Waals surface area contributed by atoms with Crippen LogP contribution in [0, 0.1) is 11.8 Å². The lowest BCUT2D eigenvalue weighted by atomic mass is 10.0. The van der Waals surface area contributed by atoms with Crippen molar-refractivity contribution < 1.29 is 9.59 Å². The monoisotopic (exact) mass is 348 g/mol. The van der Waals surface area contributed by atoms with E-state index in [0.29, 0.717) is 24.7 Å². The quantitative estimate of drug-likeness (QED) is 0.849. The standard InChI is InChI=1S/C19H24N2O2.ClH/c22-18(15-5-4-13-2-1-3-14(13)8-15)6-7-19(23)21-11-16-9-20-10-17(16)12-21;/h4-5,8,16-17,20H,1-3,6-7,9-12H2;1H/t16-,17+;. The van der Waals surface area contributed by atoms with E-state index in [9.17, 15) is 9.59 Å². The molecule has 0 unspecified atom stereocenters. The number of aryl methyl sites for hydroxylation is 2. The second kappa shape index (κ2) is 7.24. The van der Waals surface area contributed by atoms with E-state index in [1.807, 2.05) is 17.0 Å². The van der Waals surface area contributed by atoms with Crippen molar-refractivity contribution in [2.75, 3.05) is 26.2 Å². The summed E-state index contributed by atoms with van der Waals surface area (Å²) >= 11 is 0. The summed E-state index contributed by atoms with van der Waals surface area (Å²) in [6.45, 7) is 3.79. The number of benzene rings is 1. The van der Waals surface area contributed by atoms with Crippen molar-refractivity contribution in [3.8, 4) is 0 Å². The molecule has 0 spiro atoms. The molecule has 0 saturated carbocycles. The Bertz CT molecular complexity index is 634. The number of likely N-dealkylation sites (tertiary alicyclic amines) is 1. The maximum Gasteiger partial charge on any atom is 0.223 e. The van der Waals surface area contributed by atoms with Crippen LogP contribution in [0.25, 0.3) is 0 Å². The van der Waals surface area contributed by atoms with Crippen LogP contribution in [0.2, 0.25) is 0 Å². The summed E-state index contributed by atoms with van der Waals surface area (Å²) in [6, 6.07) is 6.07. The molecule has 1 aromatic carbocycles. The van der Waals surface area contributed by atoms with Gasteiger partial charge in [-0.05, 0) is 48.3 Å². The largest absolute Gasteiger partial charge is 0.342 e. The number of halogens is 1. The Labute approximate surface area is 149 Å². The van der Waals surface area contributed by atoms with Crippen LogP contribution in [0.5, 0.6) is 0 Å². The summed E-state index contributed by atoms with van der Waals surface area (Å²) in [7, 11) is 0. The van der Waals surface area contributed by atoms with Crippen LogP contribution in [-0.2, 0) is 17.6 Å².